The maximum absolute atomic E-state index is 12.7. The van der Waals surface area contributed by atoms with Crippen molar-refractivity contribution in [1.29, 1.82) is 0 Å². The number of carboxylic acids is 1. The molecule has 1 aromatic carbocycles. The Kier molecular flexibility index (Phi) is 6.20. The van der Waals surface area contributed by atoms with Crippen molar-refractivity contribution in [2.45, 2.75) is 64.7 Å². The fourth-order valence-electron chi connectivity index (χ4n) is 2.18. The van der Waals surface area contributed by atoms with Gasteiger partial charge in [-0.3, -0.25) is 4.79 Å². The largest absolute Gasteiger partial charge is 0.478 e. The lowest BCUT2D eigenvalue weighted by Crippen LogP contribution is -2.50. The molecule has 0 aromatic heterocycles. The highest BCUT2D eigenvalue weighted by Crippen LogP contribution is 2.28. The number of hydrogen-bond acceptors (Lipinski definition) is 6. The maximum Gasteiger partial charge on any atom is 0.335 e. The summed E-state index contributed by atoms with van der Waals surface area (Å²) in [4.78, 5) is 36.0. The molecule has 3 N–H and O–H groups in total. The maximum atomic E-state index is 12.7. The van der Waals surface area contributed by atoms with Crippen LogP contribution in [0.15, 0.2) is 24.3 Å². The Morgan fingerprint density at radius 2 is 1.38 bits per heavy atom. The van der Waals surface area contributed by atoms with Crippen LogP contribution in [0, 0.1) is 0 Å². The molecule has 0 bridgehead atoms. The van der Waals surface area contributed by atoms with Gasteiger partial charge in [-0.1, -0.05) is 12.1 Å². The number of benzene rings is 1. The SMILES string of the molecule is CC(C)(C)OC(=O)CC(N)(C(=O)OC(C)(C)C)c1ccc(C(=O)O)cc1. The fourth-order valence-corrected chi connectivity index (χ4v) is 2.18. The van der Waals surface area contributed by atoms with Crippen LogP contribution in [0.4, 0.5) is 0 Å². The lowest BCUT2D eigenvalue weighted by atomic mass is 9.86. The van der Waals surface area contributed by atoms with E-state index in [9.17, 15) is 14.4 Å². The summed E-state index contributed by atoms with van der Waals surface area (Å²) in [5.74, 6) is -2.56. The monoisotopic (exact) mass is 365 g/mol. The Bertz CT molecular complexity index is 681. The van der Waals surface area contributed by atoms with Gasteiger partial charge in [-0.25, -0.2) is 9.59 Å². The summed E-state index contributed by atoms with van der Waals surface area (Å²) in [5, 5.41) is 9.02. The first-order chi connectivity index (χ1) is 11.6. The minimum absolute atomic E-state index is 0.0394. The average Bonchev–Trinajstić information content (AvgIpc) is 2.43. The number of esters is 2. The van der Waals surface area contributed by atoms with Crippen molar-refractivity contribution in [3.8, 4) is 0 Å². The van der Waals surface area contributed by atoms with Crippen molar-refractivity contribution in [2.24, 2.45) is 5.73 Å². The van der Waals surface area contributed by atoms with Gasteiger partial charge in [0.2, 0.25) is 0 Å². The van der Waals surface area contributed by atoms with Gasteiger partial charge < -0.3 is 20.3 Å². The summed E-state index contributed by atoms with van der Waals surface area (Å²) in [6.07, 6.45) is -0.439. The lowest BCUT2D eigenvalue weighted by Gasteiger charge is -2.32. The number of carbonyl (C=O) groups excluding carboxylic acids is 2. The van der Waals surface area contributed by atoms with Gasteiger partial charge in [0.15, 0.2) is 5.54 Å². The highest BCUT2D eigenvalue weighted by molar-refractivity contribution is 5.90. The van der Waals surface area contributed by atoms with Crippen LogP contribution >= 0.6 is 0 Å². The molecule has 26 heavy (non-hydrogen) atoms. The number of ether oxygens (including phenoxy) is 2. The van der Waals surface area contributed by atoms with E-state index < -0.39 is 41.1 Å². The molecule has 0 aliphatic rings. The number of rotatable bonds is 5. The second-order valence-electron chi connectivity index (χ2n) is 8.12. The predicted octanol–water partition coefficient (Wildman–Crippen LogP) is 2.61. The zero-order valence-corrected chi connectivity index (χ0v) is 16.1. The summed E-state index contributed by atoms with van der Waals surface area (Å²) in [5.41, 5.74) is 3.25. The minimum Gasteiger partial charge on any atom is -0.478 e. The first-order valence-corrected chi connectivity index (χ1v) is 8.22. The summed E-state index contributed by atoms with van der Waals surface area (Å²) in [6.45, 7) is 10.2. The first-order valence-electron chi connectivity index (χ1n) is 8.22. The number of carboxylic acid groups (broad SMARTS) is 1. The van der Waals surface area contributed by atoms with Crippen LogP contribution in [0.2, 0.25) is 0 Å². The Morgan fingerprint density at radius 3 is 1.77 bits per heavy atom. The molecule has 0 radical (unpaired) electrons. The van der Waals surface area contributed by atoms with Gasteiger partial charge in [-0.15, -0.1) is 0 Å². The van der Waals surface area contributed by atoms with E-state index in [0.717, 1.165) is 0 Å². The minimum atomic E-state index is -1.80. The molecule has 0 aliphatic carbocycles. The van der Waals surface area contributed by atoms with Crippen molar-refractivity contribution in [3.63, 3.8) is 0 Å². The van der Waals surface area contributed by atoms with Crippen LogP contribution in [-0.4, -0.2) is 34.2 Å². The number of aromatic carboxylic acids is 1. The molecule has 7 nitrogen and oxygen atoms in total. The van der Waals surface area contributed by atoms with Crippen LogP contribution in [0.3, 0.4) is 0 Å². The number of carbonyl (C=O) groups is 3. The Labute approximate surface area is 153 Å². The van der Waals surface area contributed by atoms with Crippen molar-refractivity contribution in [1.82, 2.24) is 0 Å². The molecule has 0 amide bonds. The molecule has 144 valence electrons. The van der Waals surface area contributed by atoms with Gasteiger partial charge in [-0.2, -0.15) is 0 Å². The van der Waals surface area contributed by atoms with E-state index in [1.165, 1.54) is 24.3 Å². The second-order valence-corrected chi connectivity index (χ2v) is 8.12. The molecule has 1 atom stereocenters. The van der Waals surface area contributed by atoms with Crippen LogP contribution in [0.5, 0.6) is 0 Å². The van der Waals surface area contributed by atoms with Crippen molar-refractivity contribution >= 4 is 17.9 Å². The quantitative estimate of drug-likeness (QED) is 0.770. The Hall–Kier alpha value is -2.41. The van der Waals surface area contributed by atoms with E-state index in [0.29, 0.717) is 0 Å². The fraction of sp³-hybridized carbons (Fsp3) is 0.526. The molecule has 0 fully saturated rings. The smallest absolute Gasteiger partial charge is 0.335 e. The van der Waals surface area contributed by atoms with Crippen molar-refractivity contribution in [3.05, 3.63) is 35.4 Å². The van der Waals surface area contributed by atoms with Gasteiger partial charge in [0.1, 0.15) is 11.2 Å². The Balaban J connectivity index is 3.25. The third-order valence-electron chi connectivity index (χ3n) is 3.25. The van der Waals surface area contributed by atoms with Gasteiger partial charge in [-0.05, 0) is 59.2 Å². The van der Waals surface area contributed by atoms with Crippen LogP contribution in [-0.2, 0) is 24.6 Å². The number of nitrogens with two attached hydrogens (primary N) is 1. The summed E-state index contributed by atoms with van der Waals surface area (Å²) in [7, 11) is 0. The molecule has 0 spiro atoms. The normalized spacial score (nSPS) is 14.3. The third-order valence-corrected chi connectivity index (χ3v) is 3.25. The molecule has 1 rings (SSSR count). The molecular weight excluding hydrogens is 338 g/mol. The van der Waals surface area contributed by atoms with E-state index >= 15 is 0 Å². The summed E-state index contributed by atoms with van der Waals surface area (Å²) in [6, 6.07) is 5.44. The zero-order chi connectivity index (χ0) is 20.3. The van der Waals surface area contributed by atoms with Crippen LogP contribution < -0.4 is 5.73 Å². The molecule has 7 heteroatoms. The van der Waals surface area contributed by atoms with E-state index in [-0.39, 0.29) is 11.1 Å². The number of hydrogen-bond donors (Lipinski definition) is 2. The van der Waals surface area contributed by atoms with Crippen molar-refractivity contribution in [2.75, 3.05) is 0 Å². The van der Waals surface area contributed by atoms with Gasteiger partial charge in [0, 0.05) is 0 Å². The first kappa shape index (κ1) is 21.6. The molecule has 0 saturated heterocycles. The average molecular weight is 365 g/mol. The van der Waals surface area contributed by atoms with E-state index in [1.807, 2.05) is 0 Å². The van der Waals surface area contributed by atoms with Crippen LogP contribution in [0.25, 0.3) is 0 Å². The molecular formula is C19H27NO6. The molecule has 1 unspecified atom stereocenters. The van der Waals surface area contributed by atoms with Crippen molar-refractivity contribution < 1.29 is 29.0 Å². The summed E-state index contributed by atoms with van der Waals surface area (Å²) >= 11 is 0. The van der Waals surface area contributed by atoms with Gasteiger partial charge in [0.05, 0.1) is 12.0 Å². The van der Waals surface area contributed by atoms with E-state index in [1.54, 1.807) is 41.5 Å². The Morgan fingerprint density at radius 1 is 0.923 bits per heavy atom. The zero-order valence-electron chi connectivity index (χ0n) is 16.1. The van der Waals surface area contributed by atoms with Gasteiger partial charge >= 0.3 is 17.9 Å². The molecule has 0 heterocycles. The molecule has 1 aromatic rings. The van der Waals surface area contributed by atoms with Crippen LogP contribution in [0.1, 0.15) is 63.9 Å². The lowest BCUT2D eigenvalue weighted by molar-refractivity contribution is -0.169. The topological polar surface area (TPSA) is 116 Å². The van der Waals surface area contributed by atoms with E-state index in [2.05, 4.69) is 0 Å². The predicted molar refractivity (Wildman–Crippen MR) is 95.6 cm³/mol. The highest BCUT2D eigenvalue weighted by atomic mass is 16.6. The summed E-state index contributed by atoms with van der Waals surface area (Å²) < 4.78 is 10.7. The second kappa shape index (κ2) is 7.45. The molecule has 0 saturated carbocycles. The molecule has 0 aliphatic heterocycles. The highest BCUT2D eigenvalue weighted by Gasteiger charge is 2.43. The standard InChI is InChI=1S/C19H27NO6/c1-17(2,3)25-14(21)11-19(20,16(24)26-18(4,5)6)13-9-7-12(8-10-13)15(22)23/h7-10H,11,20H2,1-6H3,(H,22,23). The third kappa shape index (κ3) is 6.15. The van der Waals surface area contributed by atoms with E-state index in [4.69, 9.17) is 20.3 Å². The van der Waals surface area contributed by atoms with Gasteiger partial charge in [0.25, 0.3) is 0 Å².